The molecule has 1 amide bonds. The molecule has 0 aromatic carbocycles. The van der Waals surface area contributed by atoms with E-state index < -0.39 is 31.3 Å². The summed E-state index contributed by atoms with van der Waals surface area (Å²) in [5.74, 6) is -0.224. The fourth-order valence-electron chi connectivity index (χ4n) is 2.72. The van der Waals surface area contributed by atoms with Crippen LogP contribution >= 0.6 is 0 Å². The highest BCUT2D eigenvalue weighted by atomic mass is 32.2. The van der Waals surface area contributed by atoms with Gasteiger partial charge in [0.1, 0.15) is 0 Å². The first-order valence-electron chi connectivity index (χ1n) is 6.54. The Morgan fingerprint density at radius 3 is 2.50 bits per heavy atom. The summed E-state index contributed by atoms with van der Waals surface area (Å²) in [6.45, 7) is 2.06. The van der Waals surface area contributed by atoms with Gasteiger partial charge in [-0.1, -0.05) is 0 Å². The van der Waals surface area contributed by atoms with Gasteiger partial charge in [-0.05, 0) is 13.3 Å². The van der Waals surface area contributed by atoms with Crippen LogP contribution in [0.4, 0.5) is 0 Å². The molecule has 2 atom stereocenters. The van der Waals surface area contributed by atoms with Crippen LogP contribution in [-0.4, -0.2) is 63.9 Å². The number of carbonyl (C=O) groups is 1. The van der Waals surface area contributed by atoms with Gasteiger partial charge in [-0.2, -0.15) is 0 Å². The summed E-state index contributed by atoms with van der Waals surface area (Å²) in [6.07, 6.45) is 0.451. The Kier molecular flexibility index (Phi) is 4.14. The molecule has 0 bridgehead atoms. The van der Waals surface area contributed by atoms with Crippen LogP contribution in [0, 0.1) is 0 Å². The molecule has 0 aliphatic carbocycles. The molecule has 2 unspecified atom stereocenters. The van der Waals surface area contributed by atoms with E-state index in [1.165, 1.54) is 0 Å². The summed E-state index contributed by atoms with van der Waals surface area (Å²) in [5.41, 5.74) is -0.733. The highest BCUT2D eigenvalue weighted by Crippen LogP contribution is 2.23. The minimum atomic E-state index is -3.08. The van der Waals surface area contributed by atoms with Gasteiger partial charge in [-0.25, -0.2) is 16.8 Å². The lowest BCUT2D eigenvalue weighted by molar-refractivity contribution is -0.123. The van der Waals surface area contributed by atoms with Crippen molar-refractivity contribution in [2.45, 2.75) is 31.3 Å². The van der Waals surface area contributed by atoms with Crippen molar-refractivity contribution in [3.05, 3.63) is 0 Å². The van der Waals surface area contributed by atoms with E-state index in [0.717, 1.165) is 0 Å². The van der Waals surface area contributed by atoms with Gasteiger partial charge in [-0.15, -0.1) is 0 Å². The minimum absolute atomic E-state index is 0.0462. The van der Waals surface area contributed by atoms with Crippen molar-refractivity contribution < 1.29 is 21.6 Å². The maximum absolute atomic E-state index is 12.0. The average molecular weight is 324 g/mol. The normalized spacial score (nSPS) is 35.5. The molecule has 2 aliphatic heterocycles. The summed E-state index contributed by atoms with van der Waals surface area (Å²) in [6, 6.07) is -0.393. The number of sulfone groups is 2. The van der Waals surface area contributed by atoms with E-state index in [0.29, 0.717) is 13.0 Å². The summed E-state index contributed by atoms with van der Waals surface area (Å²) in [4.78, 5) is 12.0. The molecular formula is C11H20N2O5S2. The van der Waals surface area contributed by atoms with Gasteiger partial charge in [0.15, 0.2) is 19.7 Å². The molecule has 0 saturated carbocycles. The third-order valence-electron chi connectivity index (χ3n) is 3.68. The molecule has 0 aromatic heterocycles. The van der Waals surface area contributed by atoms with Crippen LogP contribution in [0.3, 0.4) is 0 Å². The molecule has 2 fully saturated rings. The second-order valence-corrected chi connectivity index (χ2v) is 10.3. The Balaban J connectivity index is 1.90. The average Bonchev–Trinajstić information content (AvgIpc) is 2.50. The second kappa shape index (κ2) is 5.27. The largest absolute Gasteiger partial charge is 0.350 e. The number of hydrogen-bond acceptors (Lipinski definition) is 6. The van der Waals surface area contributed by atoms with E-state index in [-0.39, 0.29) is 35.3 Å². The van der Waals surface area contributed by atoms with E-state index in [1.54, 1.807) is 6.92 Å². The Hall–Kier alpha value is -0.670. The number of nitrogens with one attached hydrogen (secondary N) is 2. The maximum Gasteiger partial charge on any atom is 0.222 e. The first kappa shape index (κ1) is 15.7. The lowest BCUT2D eigenvalue weighted by Crippen LogP contribution is -2.51. The van der Waals surface area contributed by atoms with Gasteiger partial charge in [0.2, 0.25) is 5.91 Å². The van der Waals surface area contributed by atoms with Gasteiger partial charge in [0.05, 0.1) is 28.6 Å². The fraction of sp³-hybridized carbons (Fsp3) is 0.909. The molecule has 2 N–H and O–H groups in total. The Morgan fingerprint density at radius 2 is 1.95 bits per heavy atom. The Bertz CT molecular complexity index is 598. The van der Waals surface area contributed by atoms with Crippen LogP contribution in [0.5, 0.6) is 0 Å². The Labute approximate surface area is 119 Å². The first-order valence-corrected chi connectivity index (χ1v) is 10.2. The lowest BCUT2D eigenvalue weighted by Gasteiger charge is -2.27. The molecule has 116 valence electrons. The molecule has 7 nitrogen and oxygen atoms in total. The van der Waals surface area contributed by atoms with Crippen molar-refractivity contribution in [3.63, 3.8) is 0 Å². The molecule has 2 heterocycles. The molecule has 2 aliphatic rings. The van der Waals surface area contributed by atoms with E-state index in [9.17, 15) is 21.6 Å². The third-order valence-corrected chi connectivity index (χ3v) is 7.32. The zero-order valence-electron chi connectivity index (χ0n) is 11.4. The highest BCUT2D eigenvalue weighted by molar-refractivity contribution is 7.91. The first-order chi connectivity index (χ1) is 9.09. The molecule has 20 heavy (non-hydrogen) atoms. The van der Waals surface area contributed by atoms with E-state index in [4.69, 9.17) is 0 Å². The minimum Gasteiger partial charge on any atom is -0.350 e. The van der Waals surface area contributed by atoms with Crippen LogP contribution in [0.15, 0.2) is 0 Å². The predicted molar refractivity (Wildman–Crippen MR) is 74.9 cm³/mol. The van der Waals surface area contributed by atoms with Crippen molar-refractivity contribution in [2.24, 2.45) is 0 Å². The zero-order valence-corrected chi connectivity index (χ0v) is 13.0. The fourth-order valence-corrected chi connectivity index (χ4v) is 6.26. The van der Waals surface area contributed by atoms with Gasteiger partial charge < -0.3 is 10.6 Å². The SMILES string of the molecule is CC1(NC(=O)CC2CS(=O)(=O)CCN2)CCS(=O)(=O)C1. The molecule has 0 spiro atoms. The predicted octanol–water partition coefficient (Wildman–Crippen LogP) is -1.54. The van der Waals surface area contributed by atoms with Crippen molar-refractivity contribution >= 4 is 25.6 Å². The Morgan fingerprint density at radius 1 is 1.25 bits per heavy atom. The molecular weight excluding hydrogens is 304 g/mol. The maximum atomic E-state index is 12.0. The molecule has 2 saturated heterocycles. The van der Waals surface area contributed by atoms with Crippen LogP contribution in [-0.2, 0) is 24.5 Å². The van der Waals surface area contributed by atoms with Crippen LogP contribution in [0.2, 0.25) is 0 Å². The van der Waals surface area contributed by atoms with E-state index >= 15 is 0 Å². The van der Waals surface area contributed by atoms with Gasteiger partial charge in [0.25, 0.3) is 0 Å². The molecule has 2 rings (SSSR count). The number of rotatable bonds is 3. The topological polar surface area (TPSA) is 109 Å². The van der Waals surface area contributed by atoms with E-state index in [1.807, 2.05) is 0 Å². The second-order valence-electron chi connectivity index (χ2n) is 5.92. The zero-order chi connectivity index (χ0) is 15.0. The standard InChI is InChI=1S/C11H20N2O5S2/c1-11(2-4-20(17,18)8-11)13-10(14)6-9-7-19(15,16)5-3-12-9/h9,12H,2-8H2,1H3,(H,13,14). The van der Waals surface area contributed by atoms with Crippen molar-refractivity contribution in [1.29, 1.82) is 0 Å². The van der Waals surface area contributed by atoms with Gasteiger partial charge in [-0.3, -0.25) is 4.79 Å². The lowest BCUT2D eigenvalue weighted by atomic mass is 10.0. The molecule has 0 radical (unpaired) electrons. The third kappa shape index (κ3) is 4.16. The van der Waals surface area contributed by atoms with Crippen molar-refractivity contribution in [3.8, 4) is 0 Å². The number of carbonyl (C=O) groups excluding carboxylic acids is 1. The molecule has 9 heteroatoms. The monoisotopic (exact) mass is 324 g/mol. The quantitative estimate of drug-likeness (QED) is 0.651. The number of hydrogen-bond donors (Lipinski definition) is 2. The van der Waals surface area contributed by atoms with Crippen molar-refractivity contribution in [2.75, 3.05) is 29.6 Å². The van der Waals surface area contributed by atoms with Gasteiger partial charge >= 0.3 is 0 Å². The summed E-state index contributed by atoms with van der Waals surface area (Å²) in [7, 11) is -6.15. The summed E-state index contributed by atoms with van der Waals surface area (Å²) >= 11 is 0. The number of amides is 1. The van der Waals surface area contributed by atoms with Crippen LogP contribution in [0.25, 0.3) is 0 Å². The van der Waals surface area contributed by atoms with Crippen LogP contribution in [0.1, 0.15) is 19.8 Å². The van der Waals surface area contributed by atoms with Crippen LogP contribution < -0.4 is 10.6 Å². The summed E-state index contributed by atoms with van der Waals surface area (Å²) < 4.78 is 45.9. The highest BCUT2D eigenvalue weighted by Gasteiger charge is 2.39. The smallest absolute Gasteiger partial charge is 0.222 e. The van der Waals surface area contributed by atoms with E-state index in [2.05, 4.69) is 10.6 Å². The van der Waals surface area contributed by atoms with Gasteiger partial charge in [0, 0.05) is 19.0 Å². The summed E-state index contributed by atoms with van der Waals surface area (Å²) in [5, 5.41) is 5.73. The molecule has 0 aromatic rings. The van der Waals surface area contributed by atoms with Crippen molar-refractivity contribution in [1.82, 2.24) is 10.6 Å².